The van der Waals surface area contributed by atoms with E-state index in [1.54, 1.807) is 7.11 Å². The molecule has 5 nitrogen and oxygen atoms in total. The number of pyridine rings is 1. The van der Waals surface area contributed by atoms with Gasteiger partial charge in [0.2, 0.25) is 11.8 Å². The van der Waals surface area contributed by atoms with Crippen LogP contribution in [-0.2, 0) is 16.1 Å². The lowest BCUT2D eigenvalue weighted by Crippen LogP contribution is -2.27. The lowest BCUT2D eigenvalue weighted by Gasteiger charge is -2.10. The maximum Gasteiger partial charge on any atom is 0.246 e. The van der Waals surface area contributed by atoms with Crippen molar-refractivity contribution < 1.29 is 14.3 Å². The molecule has 0 aliphatic heterocycles. The molecular weight excluding hydrogens is 280 g/mol. The first-order valence-corrected chi connectivity index (χ1v) is 7.53. The number of hydrogen-bond acceptors (Lipinski definition) is 4. The number of aromatic nitrogens is 1. The van der Waals surface area contributed by atoms with Gasteiger partial charge in [0.1, 0.15) is 6.61 Å². The number of benzene rings is 1. The van der Waals surface area contributed by atoms with Crippen LogP contribution in [0.25, 0.3) is 10.9 Å². The van der Waals surface area contributed by atoms with Crippen LogP contribution in [0.2, 0.25) is 0 Å². The van der Waals surface area contributed by atoms with E-state index < -0.39 is 0 Å². The number of carbonyl (C=O) groups excluding carboxylic acids is 1. The topological polar surface area (TPSA) is 60.5 Å². The van der Waals surface area contributed by atoms with Crippen molar-refractivity contribution in [3.8, 4) is 5.88 Å². The molecule has 0 spiro atoms. The summed E-state index contributed by atoms with van der Waals surface area (Å²) in [5, 5.41) is 3.91. The van der Waals surface area contributed by atoms with Crippen LogP contribution in [0.5, 0.6) is 5.88 Å². The molecule has 0 bridgehead atoms. The monoisotopic (exact) mass is 300 g/mol. The Morgan fingerprint density at radius 1 is 1.36 bits per heavy atom. The molecule has 1 heterocycles. The second-order valence-corrected chi connectivity index (χ2v) is 5.58. The Kier molecular flexibility index (Phi) is 4.53. The van der Waals surface area contributed by atoms with Crippen molar-refractivity contribution in [3.63, 3.8) is 0 Å². The highest BCUT2D eigenvalue weighted by Crippen LogP contribution is 2.28. The van der Waals surface area contributed by atoms with Gasteiger partial charge in [-0.3, -0.25) is 4.79 Å². The van der Waals surface area contributed by atoms with Crippen LogP contribution < -0.4 is 10.1 Å². The molecular formula is C17H20N2O3. The van der Waals surface area contributed by atoms with Crippen LogP contribution in [0.1, 0.15) is 18.4 Å². The Balaban J connectivity index is 1.63. The van der Waals surface area contributed by atoms with Gasteiger partial charge >= 0.3 is 0 Å². The van der Waals surface area contributed by atoms with E-state index in [2.05, 4.69) is 10.3 Å². The van der Waals surface area contributed by atoms with Crippen molar-refractivity contribution >= 4 is 16.8 Å². The second-order valence-electron chi connectivity index (χ2n) is 5.58. The fraction of sp³-hybridized carbons (Fsp3) is 0.412. The first-order valence-electron chi connectivity index (χ1n) is 7.53. The number of ether oxygens (including phenoxy) is 2. The molecule has 0 radical (unpaired) electrons. The number of rotatable bonds is 7. The van der Waals surface area contributed by atoms with Crippen LogP contribution in [-0.4, -0.2) is 31.2 Å². The number of para-hydroxylation sites is 1. The van der Waals surface area contributed by atoms with Gasteiger partial charge in [0.05, 0.1) is 19.2 Å². The van der Waals surface area contributed by atoms with E-state index in [-0.39, 0.29) is 12.5 Å². The fourth-order valence-electron chi connectivity index (χ4n) is 2.32. The molecule has 1 amide bonds. The van der Waals surface area contributed by atoms with Crippen molar-refractivity contribution in [3.05, 3.63) is 35.9 Å². The maximum atomic E-state index is 11.8. The third-order valence-corrected chi connectivity index (χ3v) is 3.75. The maximum absolute atomic E-state index is 11.8. The van der Waals surface area contributed by atoms with E-state index in [1.165, 1.54) is 12.8 Å². The summed E-state index contributed by atoms with van der Waals surface area (Å²) in [7, 11) is 1.59. The molecule has 116 valence electrons. The molecule has 5 heteroatoms. The van der Waals surface area contributed by atoms with E-state index in [1.807, 2.05) is 30.3 Å². The molecule has 22 heavy (non-hydrogen) atoms. The Hall–Kier alpha value is -2.14. The first kappa shape index (κ1) is 14.8. The Labute approximate surface area is 129 Å². The highest BCUT2D eigenvalue weighted by molar-refractivity contribution is 5.84. The molecule has 0 atom stereocenters. The van der Waals surface area contributed by atoms with E-state index >= 15 is 0 Å². The molecule has 3 rings (SSSR count). The van der Waals surface area contributed by atoms with Crippen LogP contribution in [0.4, 0.5) is 0 Å². The van der Waals surface area contributed by atoms with Crippen molar-refractivity contribution in [2.45, 2.75) is 19.4 Å². The van der Waals surface area contributed by atoms with Gasteiger partial charge in [0.15, 0.2) is 0 Å². The summed E-state index contributed by atoms with van der Waals surface area (Å²) in [4.78, 5) is 16.2. The third kappa shape index (κ3) is 3.74. The lowest BCUT2D eigenvalue weighted by molar-refractivity contribution is -0.126. The summed E-state index contributed by atoms with van der Waals surface area (Å²) < 4.78 is 10.6. The smallest absolute Gasteiger partial charge is 0.246 e. The Bertz CT molecular complexity index is 668. The van der Waals surface area contributed by atoms with Crippen LogP contribution >= 0.6 is 0 Å². The number of fused-ring (bicyclic) bond motifs is 1. The minimum absolute atomic E-state index is 0.0967. The average molecular weight is 300 g/mol. The van der Waals surface area contributed by atoms with Gasteiger partial charge in [-0.25, -0.2) is 4.98 Å². The summed E-state index contributed by atoms with van der Waals surface area (Å²) in [5.41, 5.74) is 1.84. The van der Waals surface area contributed by atoms with E-state index in [0.717, 1.165) is 16.5 Å². The van der Waals surface area contributed by atoms with Gasteiger partial charge in [-0.2, -0.15) is 0 Å². The molecule has 1 aromatic carbocycles. The van der Waals surface area contributed by atoms with Crippen molar-refractivity contribution in [2.24, 2.45) is 5.92 Å². The predicted molar refractivity (Wildman–Crippen MR) is 83.7 cm³/mol. The van der Waals surface area contributed by atoms with E-state index in [9.17, 15) is 4.79 Å². The summed E-state index contributed by atoms with van der Waals surface area (Å²) in [6.07, 6.45) is 2.45. The second kappa shape index (κ2) is 6.75. The summed E-state index contributed by atoms with van der Waals surface area (Å²) >= 11 is 0. The SMILES string of the molecule is COc1cc(CNC(=O)COCC2CC2)c2ccccc2n1. The summed E-state index contributed by atoms with van der Waals surface area (Å²) in [6.45, 7) is 1.25. The molecule has 1 aromatic heterocycles. The van der Waals surface area contributed by atoms with Gasteiger partial charge < -0.3 is 14.8 Å². The van der Waals surface area contributed by atoms with Crippen LogP contribution in [0, 0.1) is 5.92 Å². The number of amides is 1. The minimum Gasteiger partial charge on any atom is -0.481 e. The highest BCUT2D eigenvalue weighted by Gasteiger charge is 2.21. The zero-order chi connectivity index (χ0) is 15.4. The quantitative estimate of drug-likeness (QED) is 0.852. The zero-order valence-corrected chi connectivity index (χ0v) is 12.7. The number of nitrogens with zero attached hydrogens (tertiary/aromatic N) is 1. The largest absolute Gasteiger partial charge is 0.481 e. The van der Waals surface area contributed by atoms with Gasteiger partial charge in [-0.1, -0.05) is 18.2 Å². The van der Waals surface area contributed by atoms with Crippen molar-refractivity contribution in [2.75, 3.05) is 20.3 Å². The van der Waals surface area contributed by atoms with E-state index in [4.69, 9.17) is 9.47 Å². The predicted octanol–water partition coefficient (Wildman–Crippen LogP) is 2.29. The van der Waals surface area contributed by atoms with Crippen molar-refractivity contribution in [1.82, 2.24) is 10.3 Å². The molecule has 1 aliphatic carbocycles. The molecule has 0 unspecified atom stereocenters. The van der Waals surface area contributed by atoms with Gasteiger partial charge in [0.25, 0.3) is 0 Å². The lowest BCUT2D eigenvalue weighted by atomic mass is 10.1. The Morgan fingerprint density at radius 3 is 2.95 bits per heavy atom. The van der Waals surface area contributed by atoms with Crippen LogP contribution in [0.15, 0.2) is 30.3 Å². The molecule has 2 aromatic rings. The molecule has 1 N–H and O–H groups in total. The number of hydrogen-bond donors (Lipinski definition) is 1. The van der Waals surface area contributed by atoms with Gasteiger partial charge in [-0.05, 0) is 30.4 Å². The minimum atomic E-state index is -0.0967. The van der Waals surface area contributed by atoms with Crippen molar-refractivity contribution in [1.29, 1.82) is 0 Å². The summed E-state index contributed by atoms with van der Waals surface area (Å²) in [6, 6.07) is 9.67. The number of methoxy groups -OCH3 is 1. The summed E-state index contributed by atoms with van der Waals surface area (Å²) in [5.74, 6) is 1.12. The molecule has 0 saturated heterocycles. The zero-order valence-electron chi connectivity index (χ0n) is 12.7. The van der Waals surface area contributed by atoms with Gasteiger partial charge in [-0.15, -0.1) is 0 Å². The third-order valence-electron chi connectivity index (χ3n) is 3.75. The molecule has 1 aliphatic rings. The molecule has 1 fully saturated rings. The number of nitrogens with one attached hydrogen (secondary N) is 1. The van der Waals surface area contributed by atoms with E-state index in [0.29, 0.717) is 24.9 Å². The highest BCUT2D eigenvalue weighted by atomic mass is 16.5. The molecule has 1 saturated carbocycles. The fourth-order valence-corrected chi connectivity index (χ4v) is 2.32. The first-order chi connectivity index (χ1) is 10.8. The Morgan fingerprint density at radius 2 is 2.18 bits per heavy atom. The van der Waals surface area contributed by atoms with Crippen LogP contribution in [0.3, 0.4) is 0 Å². The van der Waals surface area contributed by atoms with Gasteiger partial charge in [0, 0.05) is 18.0 Å². The number of carbonyl (C=O) groups is 1. The standard InChI is InChI=1S/C17H20N2O3/c1-21-17-8-13(14-4-2-3-5-15(14)19-17)9-18-16(20)11-22-10-12-6-7-12/h2-5,8,12H,6-7,9-11H2,1H3,(H,18,20). The normalized spacial score (nSPS) is 14.0. The average Bonchev–Trinajstić information content (AvgIpc) is 3.36.